The first kappa shape index (κ1) is 17.2. The fraction of sp³-hybridized carbons (Fsp3) is 0.158. The molecule has 0 radical (unpaired) electrons. The number of carbonyl (C=O) groups is 3. The smallest absolute Gasteiger partial charge is 0.260 e. The molecule has 2 heterocycles. The lowest BCUT2D eigenvalue weighted by Crippen LogP contribution is -2.28. The quantitative estimate of drug-likeness (QED) is 0.725. The number of benzene rings is 2. The second kappa shape index (κ2) is 6.81. The SMILES string of the molecule is NC(=O)c1cnc(NC(=O)C2CC(=O)N(c3cccc4ccccc34)C2)s1. The second-order valence-corrected chi connectivity index (χ2v) is 7.32. The molecule has 136 valence electrons. The van der Waals surface area contributed by atoms with Crippen molar-refractivity contribution in [2.75, 3.05) is 16.8 Å². The van der Waals surface area contributed by atoms with Gasteiger partial charge in [-0.1, -0.05) is 47.7 Å². The average molecular weight is 380 g/mol. The number of rotatable bonds is 4. The van der Waals surface area contributed by atoms with Crippen LogP contribution < -0.4 is 16.0 Å². The number of hydrogen-bond donors (Lipinski definition) is 2. The molecule has 1 fully saturated rings. The van der Waals surface area contributed by atoms with Gasteiger partial charge in [-0.05, 0) is 11.5 Å². The molecule has 4 rings (SSSR count). The first-order chi connectivity index (χ1) is 13.0. The summed E-state index contributed by atoms with van der Waals surface area (Å²) in [4.78, 5) is 42.1. The molecule has 0 bridgehead atoms. The van der Waals surface area contributed by atoms with Gasteiger partial charge in [0.2, 0.25) is 11.8 Å². The second-order valence-electron chi connectivity index (χ2n) is 6.29. The highest BCUT2D eigenvalue weighted by atomic mass is 32.1. The normalized spacial score (nSPS) is 16.7. The van der Waals surface area contributed by atoms with Crippen LogP contribution >= 0.6 is 11.3 Å². The van der Waals surface area contributed by atoms with Crippen molar-refractivity contribution in [2.24, 2.45) is 11.7 Å². The molecular weight excluding hydrogens is 364 g/mol. The fourth-order valence-electron chi connectivity index (χ4n) is 3.21. The Labute approximate surface area is 158 Å². The largest absolute Gasteiger partial charge is 0.365 e. The first-order valence-corrected chi connectivity index (χ1v) is 9.19. The molecule has 1 aliphatic rings. The minimum atomic E-state index is -0.592. The van der Waals surface area contributed by atoms with Crippen molar-refractivity contribution in [1.29, 1.82) is 0 Å². The zero-order chi connectivity index (χ0) is 19.0. The maximum Gasteiger partial charge on any atom is 0.260 e. The van der Waals surface area contributed by atoms with Crippen LogP contribution in [0.25, 0.3) is 10.8 Å². The number of anilines is 2. The molecule has 8 heteroatoms. The van der Waals surface area contributed by atoms with Crippen LogP contribution in [0.3, 0.4) is 0 Å². The van der Waals surface area contributed by atoms with Gasteiger partial charge in [0.15, 0.2) is 5.13 Å². The van der Waals surface area contributed by atoms with Crippen LogP contribution in [0.5, 0.6) is 0 Å². The molecule has 3 amide bonds. The van der Waals surface area contributed by atoms with Gasteiger partial charge in [0.05, 0.1) is 17.8 Å². The van der Waals surface area contributed by atoms with E-state index in [2.05, 4.69) is 10.3 Å². The Balaban J connectivity index is 1.53. The van der Waals surface area contributed by atoms with E-state index in [1.165, 1.54) is 6.20 Å². The summed E-state index contributed by atoms with van der Waals surface area (Å²) in [6.45, 7) is 0.298. The Hall–Kier alpha value is -3.26. The maximum absolute atomic E-state index is 12.6. The van der Waals surface area contributed by atoms with E-state index in [0.29, 0.717) is 11.7 Å². The number of amides is 3. The summed E-state index contributed by atoms with van der Waals surface area (Å²) in [5.41, 5.74) is 6.00. The van der Waals surface area contributed by atoms with Crippen molar-refractivity contribution in [2.45, 2.75) is 6.42 Å². The predicted molar refractivity (Wildman–Crippen MR) is 104 cm³/mol. The van der Waals surface area contributed by atoms with Crippen molar-refractivity contribution in [1.82, 2.24) is 4.98 Å². The molecule has 7 nitrogen and oxygen atoms in total. The minimum Gasteiger partial charge on any atom is -0.365 e. The van der Waals surface area contributed by atoms with Gasteiger partial charge in [0, 0.05) is 18.4 Å². The molecule has 1 saturated heterocycles. The van der Waals surface area contributed by atoms with Crippen LogP contribution in [0, 0.1) is 5.92 Å². The molecular formula is C19H16N4O3S. The van der Waals surface area contributed by atoms with Gasteiger partial charge in [-0.15, -0.1) is 0 Å². The third-order valence-electron chi connectivity index (χ3n) is 4.53. The molecule has 2 aromatic carbocycles. The zero-order valence-electron chi connectivity index (χ0n) is 14.2. The summed E-state index contributed by atoms with van der Waals surface area (Å²) in [5.74, 6) is -1.47. The summed E-state index contributed by atoms with van der Waals surface area (Å²) < 4.78 is 0. The maximum atomic E-state index is 12.6. The Morgan fingerprint density at radius 1 is 1.19 bits per heavy atom. The van der Waals surface area contributed by atoms with Crippen molar-refractivity contribution in [3.8, 4) is 0 Å². The molecule has 27 heavy (non-hydrogen) atoms. The van der Waals surface area contributed by atoms with Crippen LogP contribution in [0.2, 0.25) is 0 Å². The lowest BCUT2D eigenvalue weighted by molar-refractivity contribution is -0.122. The standard InChI is InChI=1S/C19H16N4O3S/c20-17(25)15-9-21-19(27-15)22-18(26)12-8-16(24)23(10-12)14-7-3-5-11-4-1-2-6-13(11)14/h1-7,9,12H,8,10H2,(H2,20,25)(H,21,22,26). The molecule has 1 unspecified atom stereocenters. The Morgan fingerprint density at radius 3 is 2.74 bits per heavy atom. The number of nitrogens with zero attached hydrogens (tertiary/aromatic N) is 2. The summed E-state index contributed by atoms with van der Waals surface area (Å²) in [7, 11) is 0. The van der Waals surface area contributed by atoms with Gasteiger partial charge < -0.3 is 16.0 Å². The van der Waals surface area contributed by atoms with E-state index in [4.69, 9.17) is 5.73 Å². The summed E-state index contributed by atoms with van der Waals surface area (Å²) >= 11 is 1.01. The first-order valence-electron chi connectivity index (χ1n) is 8.37. The van der Waals surface area contributed by atoms with Crippen molar-refractivity contribution in [3.63, 3.8) is 0 Å². The van der Waals surface area contributed by atoms with Gasteiger partial charge >= 0.3 is 0 Å². The third kappa shape index (κ3) is 3.26. The summed E-state index contributed by atoms with van der Waals surface area (Å²) in [6.07, 6.45) is 1.45. The molecule has 0 saturated carbocycles. The highest BCUT2D eigenvalue weighted by Crippen LogP contribution is 2.32. The molecule has 0 spiro atoms. The molecule has 1 atom stereocenters. The van der Waals surface area contributed by atoms with Gasteiger partial charge in [-0.25, -0.2) is 4.98 Å². The molecule has 1 aliphatic heterocycles. The summed E-state index contributed by atoms with van der Waals surface area (Å²) in [6, 6.07) is 13.6. The zero-order valence-corrected chi connectivity index (χ0v) is 15.0. The number of primary amides is 1. The number of nitrogens with one attached hydrogen (secondary N) is 1. The van der Waals surface area contributed by atoms with E-state index in [0.717, 1.165) is 27.8 Å². The number of carbonyl (C=O) groups excluding carboxylic acids is 3. The fourth-order valence-corrected chi connectivity index (χ4v) is 3.88. The number of aromatic nitrogens is 1. The third-order valence-corrected chi connectivity index (χ3v) is 5.46. The minimum absolute atomic E-state index is 0.0940. The van der Waals surface area contributed by atoms with Crippen LogP contribution in [0.4, 0.5) is 10.8 Å². The van der Waals surface area contributed by atoms with E-state index in [9.17, 15) is 14.4 Å². The van der Waals surface area contributed by atoms with Gasteiger partial charge in [0.25, 0.3) is 5.91 Å². The molecule has 3 N–H and O–H groups in total. The number of nitrogens with two attached hydrogens (primary N) is 1. The van der Waals surface area contributed by atoms with Crippen molar-refractivity contribution in [3.05, 3.63) is 53.5 Å². The predicted octanol–water partition coefficient (Wildman–Crippen LogP) is 2.39. The van der Waals surface area contributed by atoms with Crippen molar-refractivity contribution >= 4 is 50.6 Å². The number of thiazole rings is 1. The topological polar surface area (TPSA) is 105 Å². The lowest BCUT2D eigenvalue weighted by atomic mass is 10.1. The van der Waals surface area contributed by atoms with E-state index in [-0.39, 0.29) is 23.1 Å². The molecule has 3 aromatic rings. The van der Waals surface area contributed by atoms with Gasteiger partial charge in [0.1, 0.15) is 4.88 Å². The Morgan fingerprint density at radius 2 is 1.96 bits per heavy atom. The Kier molecular flexibility index (Phi) is 4.33. The van der Waals surface area contributed by atoms with Crippen LogP contribution in [-0.2, 0) is 9.59 Å². The van der Waals surface area contributed by atoms with Crippen LogP contribution in [-0.4, -0.2) is 29.3 Å². The number of hydrogen-bond acceptors (Lipinski definition) is 5. The lowest BCUT2D eigenvalue weighted by Gasteiger charge is -2.18. The van der Waals surface area contributed by atoms with E-state index >= 15 is 0 Å². The molecule has 0 aliphatic carbocycles. The van der Waals surface area contributed by atoms with Crippen LogP contribution in [0.1, 0.15) is 16.1 Å². The highest BCUT2D eigenvalue weighted by Gasteiger charge is 2.36. The Bertz CT molecular complexity index is 1060. The monoisotopic (exact) mass is 380 g/mol. The van der Waals surface area contributed by atoms with E-state index < -0.39 is 11.8 Å². The molecule has 1 aromatic heterocycles. The van der Waals surface area contributed by atoms with Crippen LogP contribution in [0.15, 0.2) is 48.7 Å². The van der Waals surface area contributed by atoms with Gasteiger partial charge in [-0.2, -0.15) is 0 Å². The van der Waals surface area contributed by atoms with E-state index in [1.54, 1.807) is 4.90 Å². The van der Waals surface area contributed by atoms with Gasteiger partial charge in [-0.3, -0.25) is 14.4 Å². The van der Waals surface area contributed by atoms with Crippen molar-refractivity contribution < 1.29 is 14.4 Å². The average Bonchev–Trinajstić information content (AvgIpc) is 3.28. The highest BCUT2D eigenvalue weighted by molar-refractivity contribution is 7.17. The summed E-state index contributed by atoms with van der Waals surface area (Å²) in [5, 5.41) is 4.98. The van der Waals surface area contributed by atoms with E-state index in [1.807, 2.05) is 42.5 Å². The number of fused-ring (bicyclic) bond motifs is 1.